The Morgan fingerprint density at radius 2 is 1.68 bits per heavy atom. The minimum Gasteiger partial charge on any atom is -0.508 e. The van der Waals surface area contributed by atoms with Gasteiger partial charge < -0.3 is 30.3 Å². The lowest BCUT2D eigenvalue weighted by molar-refractivity contribution is -0.173. The van der Waals surface area contributed by atoms with Crippen LogP contribution in [0, 0.1) is 5.92 Å². The van der Waals surface area contributed by atoms with Gasteiger partial charge in [-0.05, 0) is 41.8 Å². The summed E-state index contributed by atoms with van der Waals surface area (Å²) in [7, 11) is 0. The summed E-state index contributed by atoms with van der Waals surface area (Å²) in [5, 5.41) is 48.7. The monoisotopic (exact) mass is 426 g/mol. The first kappa shape index (κ1) is 22.6. The smallest absolute Gasteiger partial charge is 0.310 e. The molecule has 2 aromatic carbocycles. The van der Waals surface area contributed by atoms with E-state index in [1.165, 1.54) is 0 Å². The van der Waals surface area contributed by atoms with Crippen LogP contribution in [0.3, 0.4) is 0 Å². The van der Waals surface area contributed by atoms with Crippen LogP contribution in [0.2, 0.25) is 0 Å². The summed E-state index contributed by atoms with van der Waals surface area (Å²) in [4.78, 5) is 11.5. The molecule has 1 fully saturated rings. The van der Waals surface area contributed by atoms with Crippen molar-refractivity contribution in [2.24, 2.45) is 5.92 Å². The van der Waals surface area contributed by atoms with Crippen LogP contribution in [0.15, 0.2) is 67.3 Å². The number of hydrogen-bond acceptors (Lipinski definition) is 6. The van der Waals surface area contributed by atoms with Gasteiger partial charge in [0.2, 0.25) is 0 Å². The molecule has 0 bridgehead atoms. The van der Waals surface area contributed by atoms with Gasteiger partial charge in [-0.3, -0.25) is 4.79 Å². The summed E-state index contributed by atoms with van der Waals surface area (Å²) in [6, 6.07) is 13.7. The molecule has 0 aliphatic heterocycles. The number of aliphatic hydroxyl groups is 3. The molecule has 0 radical (unpaired) electrons. The number of benzene rings is 2. The molecule has 5 N–H and O–H groups in total. The van der Waals surface area contributed by atoms with Crippen molar-refractivity contribution < 1.29 is 35.1 Å². The highest BCUT2D eigenvalue weighted by molar-refractivity contribution is 5.71. The lowest BCUT2D eigenvalue weighted by Gasteiger charge is -2.39. The number of phenols is 1. The van der Waals surface area contributed by atoms with Crippen LogP contribution in [-0.4, -0.2) is 55.9 Å². The molecule has 0 spiro atoms. The van der Waals surface area contributed by atoms with E-state index >= 15 is 0 Å². The van der Waals surface area contributed by atoms with Gasteiger partial charge in [0.1, 0.15) is 29.8 Å². The van der Waals surface area contributed by atoms with Crippen LogP contribution in [0.5, 0.6) is 11.5 Å². The summed E-state index contributed by atoms with van der Waals surface area (Å²) in [6.45, 7) is 3.86. The minimum absolute atomic E-state index is 0.0909. The van der Waals surface area contributed by atoms with Crippen molar-refractivity contribution in [3.63, 3.8) is 0 Å². The molecule has 7 nitrogen and oxygen atoms in total. The number of aromatic hydroxyl groups is 1. The number of phenolic OH excluding ortho intramolecular Hbond substituents is 1. The maximum absolute atomic E-state index is 11.5. The molecule has 1 aliphatic carbocycles. The van der Waals surface area contributed by atoms with Crippen LogP contribution in [-0.2, 0) is 4.79 Å². The first-order chi connectivity index (χ1) is 14.8. The molecule has 3 unspecified atom stereocenters. The maximum atomic E-state index is 11.5. The van der Waals surface area contributed by atoms with E-state index in [1.807, 2.05) is 12.2 Å². The van der Waals surface area contributed by atoms with Gasteiger partial charge in [-0.25, -0.2) is 0 Å². The van der Waals surface area contributed by atoms with E-state index in [-0.39, 0.29) is 18.1 Å². The Morgan fingerprint density at radius 3 is 2.26 bits per heavy atom. The van der Waals surface area contributed by atoms with E-state index in [0.29, 0.717) is 5.75 Å². The second kappa shape index (κ2) is 9.78. The predicted octanol–water partition coefficient (Wildman–Crippen LogP) is 2.31. The fourth-order valence-electron chi connectivity index (χ4n) is 3.64. The van der Waals surface area contributed by atoms with Crippen molar-refractivity contribution in [2.75, 3.05) is 0 Å². The number of rotatable bonds is 7. The van der Waals surface area contributed by atoms with Crippen molar-refractivity contribution in [1.29, 1.82) is 0 Å². The molecular formula is C24H26O7. The summed E-state index contributed by atoms with van der Waals surface area (Å²) in [5.74, 6) is -1.91. The zero-order chi connectivity index (χ0) is 22.5. The van der Waals surface area contributed by atoms with E-state index < -0.39 is 36.3 Å². The Hall–Kier alpha value is -3.13. The average molecular weight is 426 g/mol. The number of carbonyl (C=O) groups is 1. The summed E-state index contributed by atoms with van der Waals surface area (Å²) in [5.41, 5.74) is 1.85. The third-order valence-electron chi connectivity index (χ3n) is 5.47. The molecule has 3 rings (SSSR count). The van der Waals surface area contributed by atoms with Gasteiger partial charge in [0.25, 0.3) is 0 Å². The van der Waals surface area contributed by atoms with E-state index in [0.717, 1.165) is 11.1 Å². The predicted molar refractivity (Wildman–Crippen MR) is 115 cm³/mol. The second-order valence-electron chi connectivity index (χ2n) is 7.59. The standard InChI is InChI=1S/C24H26O7/c1-2-15(6-3-14-4-9-17(25)10-5-14)16-7-11-18(12-8-16)31-23-19(24(29)30)13-20(26)21(27)22(23)28/h2-12,15,19-23,25-28H,1,13H2,(H,29,30)/b6-3+/t15?,19?,20-,21?,22-,23-/m1/s1. The quantitative estimate of drug-likeness (QED) is 0.430. The van der Waals surface area contributed by atoms with Gasteiger partial charge in [-0.1, -0.05) is 42.5 Å². The van der Waals surface area contributed by atoms with Crippen LogP contribution >= 0.6 is 0 Å². The first-order valence-corrected chi connectivity index (χ1v) is 9.93. The number of aliphatic hydroxyl groups excluding tert-OH is 3. The van der Waals surface area contributed by atoms with Gasteiger partial charge in [-0.2, -0.15) is 0 Å². The molecule has 0 heterocycles. The Morgan fingerprint density at radius 1 is 1.03 bits per heavy atom. The van der Waals surface area contributed by atoms with Crippen LogP contribution < -0.4 is 4.74 Å². The molecule has 7 heteroatoms. The highest BCUT2D eigenvalue weighted by atomic mass is 16.5. The number of aliphatic carboxylic acids is 1. The molecule has 1 saturated carbocycles. The lowest BCUT2D eigenvalue weighted by atomic mass is 9.80. The Balaban J connectivity index is 1.73. The molecule has 2 aromatic rings. The summed E-state index contributed by atoms with van der Waals surface area (Å²) in [6.07, 6.45) is -0.0868. The van der Waals surface area contributed by atoms with Crippen LogP contribution in [0.1, 0.15) is 23.5 Å². The zero-order valence-corrected chi connectivity index (χ0v) is 16.8. The number of carboxylic acids is 1. The molecule has 0 saturated heterocycles. The van der Waals surface area contributed by atoms with Gasteiger partial charge in [0, 0.05) is 5.92 Å². The van der Waals surface area contributed by atoms with Crippen LogP contribution in [0.25, 0.3) is 6.08 Å². The Labute approximate surface area is 180 Å². The molecule has 1 aliphatic rings. The highest BCUT2D eigenvalue weighted by Gasteiger charge is 2.47. The third kappa shape index (κ3) is 5.32. The molecule has 31 heavy (non-hydrogen) atoms. The highest BCUT2D eigenvalue weighted by Crippen LogP contribution is 2.31. The number of hydrogen-bond donors (Lipinski definition) is 5. The van der Waals surface area contributed by atoms with E-state index in [4.69, 9.17) is 4.74 Å². The number of carboxylic acid groups (broad SMARTS) is 1. The maximum Gasteiger partial charge on any atom is 0.310 e. The van der Waals surface area contributed by atoms with Crippen molar-refractivity contribution in [2.45, 2.75) is 36.8 Å². The molecule has 0 aromatic heterocycles. The van der Waals surface area contributed by atoms with Crippen molar-refractivity contribution in [3.8, 4) is 11.5 Å². The van der Waals surface area contributed by atoms with E-state index in [2.05, 4.69) is 6.58 Å². The van der Waals surface area contributed by atoms with E-state index in [1.54, 1.807) is 54.6 Å². The minimum atomic E-state index is -1.53. The SMILES string of the molecule is C=CC(/C=C/c1ccc(O)cc1)c1ccc(O[C@@H]2C(C(=O)O)C[C@@H](O)C(O)[C@H]2O)cc1. The van der Waals surface area contributed by atoms with Crippen LogP contribution in [0.4, 0.5) is 0 Å². The number of ether oxygens (including phenoxy) is 1. The molecular weight excluding hydrogens is 400 g/mol. The fraction of sp³-hybridized carbons (Fsp3) is 0.292. The first-order valence-electron chi connectivity index (χ1n) is 9.93. The molecule has 164 valence electrons. The third-order valence-corrected chi connectivity index (χ3v) is 5.47. The van der Waals surface area contributed by atoms with Gasteiger partial charge in [-0.15, -0.1) is 6.58 Å². The summed E-state index contributed by atoms with van der Waals surface area (Å²) < 4.78 is 5.70. The second-order valence-corrected chi connectivity index (χ2v) is 7.59. The Kier molecular flexibility index (Phi) is 7.12. The van der Waals surface area contributed by atoms with Crippen molar-refractivity contribution in [1.82, 2.24) is 0 Å². The topological polar surface area (TPSA) is 127 Å². The Bertz CT molecular complexity index is 920. The van der Waals surface area contributed by atoms with Crippen molar-refractivity contribution >= 4 is 12.0 Å². The fourth-order valence-corrected chi connectivity index (χ4v) is 3.64. The zero-order valence-electron chi connectivity index (χ0n) is 16.8. The molecule has 6 atom stereocenters. The van der Waals surface area contributed by atoms with Gasteiger partial charge in [0.15, 0.2) is 0 Å². The van der Waals surface area contributed by atoms with Gasteiger partial charge >= 0.3 is 5.97 Å². The molecule has 0 amide bonds. The number of allylic oxidation sites excluding steroid dienone is 2. The summed E-state index contributed by atoms with van der Waals surface area (Å²) >= 11 is 0. The van der Waals surface area contributed by atoms with Gasteiger partial charge in [0.05, 0.1) is 12.0 Å². The lowest BCUT2D eigenvalue weighted by Crippen LogP contribution is -2.57. The van der Waals surface area contributed by atoms with E-state index in [9.17, 15) is 30.3 Å². The van der Waals surface area contributed by atoms with Crippen molar-refractivity contribution in [3.05, 3.63) is 78.4 Å². The normalized spacial score (nSPS) is 27.0. The average Bonchev–Trinajstić information content (AvgIpc) is 2.76. The largest absolute Gasteiger partial charge is 0.508 e.